The molecule has 0 amide bonds. The van der Waals surface area contributed by atoms with E-state index in [1.807, 2.05) is 0 Å². The van der Waals surface area contributed by atoms with Crippen molar-refractivity contribution in [3.63, 3.8) is 0 Å². The fourth-order valence-corrected chi connectivity index (χ4v) is 1.16. The van der Waals surface area contributed by atoms with Gasteiger partial charge < -0.3 is 4.74 Å². The van der Waals surface area contributed by atoms with Gasteiger partial charge in [0.25, 0.3) is 0 Å². The van der Waals surface area contributed by atoms with Crippen molar-refractivity contribution in [3.8, 4) is 5.75 Å². The Bertz CT molecular complexity index is 319. The van der Waals surface area contributed by atoms with E-state index in [4.69, 9.17) is 11.6 Å². The monoisotopic (exact) mass is 274 g/mol. The van der Waals surface area contributed by atoms with Crippen LogP contribution in [0.4, 0.5) is 13.2 Å². The average molecular weight is 275 g/mol. The van der Waals surface area contributed by atoms with Crippen LogP contribution in [0.2, 0.25) is 5.02 Å². The van der Waals surface area contributed by atoms with Crippen LogP contribution in [0.5, 0.6) is 5.75 Å². The van der Waals surface area contributed by atoms with E-state index in [9.17, 15) is 13.2 Å². The Morgan fingerprint density at radius 3 is 2.54 bits per heavy atom. The van der Waals surface area contributed by atoms with Crippen LogP contribution in [0.25, 0.3) is 0 Å². The molecular formula is C7H3BrClF3O. The lowest BCUT2D eigenvalue weighted by atomic mass is 10.3. The molecular weight excluding hydrogens is 272 g/mol. The minimum atomic E-state index is -3.06. The van der Waals surface area contributed by atoms with Gasteiger partial charge in [0.15, 0.2) is 11.6 Å². The van der Waals surface area contributed by atoms with E-state index in [1.165, 1.54) is 6.07 Å². The topological polar surface area (TPSA) is 9.23 Å². The van der Waals surface area contributed by atoms with Crippen molar-refractivity contribution >= 4 is 27.5 Å². The number of alkyl halides is 2. The molecule has 0 N–H and O–H groups in total. The van der Waals surface area contributed by atoms with Gasteiger partial charge in [-0.1, -0.05) is 11.6 Å². The predicted molar refractivity (Wildman–Crippen MR) is 45.7 cm³/mol. The third kappa shape index (κ3) is 2.51. The Balaban J connectivity index is 3.04. The van der Waals surface area contributed by atoms with E-state index >= 15 is 0 Å². The molecule has 1 aromatic rings. The van der Waals surface area contributed by atoms with Crippen molar-refractivity contribution in [1.82, 2.24) is 0 Å². The first-order chi connectivity index (χ1) is 6.02. The van der Waals surface area contributed by atoms with E-state index in [-0.39, 0.29) is 9.50 Å². The largest absolute Gasteiger partial charge is 0.432 e. The SMILES string of the molecule is Fc1c(OC(F)F)ccc(Br)c1Cl. The molecule has 0 heterocycles. The summed E-state index contributed by atoms with van der Waals surface area (Å²) in [6, 6.07) is 2.39. The molecule has 1 nitrogen and oxygen atoms in total. The average Bonchev–Trinajstić information content (AvgIpc) is 2.06. The molecule has 0 aliphatic heterocycles. The van der Waals surface area contributed by atoms with Crippen molar-refractivity contribution in [2.45, 2.75) is 6.61 Å². The van der Waals surface area contributed by atoms with E-state index in [0.29, 0.717) is 0 Å². The highest BCUT2D eigenvalue weighted by atomic mass is 79.9. The van der Waals surface area contributed by atoms with Gasteiger partial charge in [-0.25, -0.2) is 4.39 Å². The van der Waals surface area contributed by atoms with Gasteiger partial charge in [-0.2, -0.15) is 8.78 Å². The Hall–Kier alpha value is -0.420. The second kappa shape index (κ2) is 4.19. The van der Waals surface area contributed by atoms with Crippen LogP contribution in [-0.4, -0.2) is 6.61 Å². The highest BCUT2D eigenvalue weighted by Gasteiger charge is 2.14. The third-order valence-corrected chi connectivity index (χ3v) is 2.47. The molecule has 13 heavy (non-hydrogen) atoms. The Labute approximate surface area is 85.6 Å². The van der Waals surface area contributed by atoms with Crippen LogP contribution in [0.15, 0.2) is 16.6 Å². The maximum Gasteiger partial charge on any atom is 0.387 e. The van der Waals surface area contributed by atoms with E-state index in [1.54, 1.807) is 0 Å². The first kappa shape index (κ1) is 10.7. The normalized spacial score (nSPS) is 10.6. The third-order valence-electron chi connectivity index (χ3n) is 1.22. The fraction of sp³-hybridized carbons (Fsp3) is 0.143. The van der Waals surface area contributed by atoms with Crippen LogP contribution < -0.4 is 4.74 Å². The minimum absolute atomic E-state index is 0.279. The second-order valence-corrected chi connectivity index (χ2v) is 3.28. The molecule has 72 valence electrons. The van der Waals surface area contributed by atoms with Crippen LogP contribution in [0.3, 0.4) is 0 Å². The zero-order valence-electron chi connectivity index (χ0n) is 6.03. The molecule has 0 saturated heterocycles. The summed E-state index contributed by atoms with van der Waals surface area (Å²) in [6.07, 6.45) is 0. The molecule has 1 rings (SSSR count). The summed E-state index contributed by atoms with van der Waals surface area (Å²) >= 11 is 8.35. The van der Waals surface area contributed by atoms with Gasteiger partial charge in [0.1, 0.15) is 0 Å². The van der Waals surface area contributed by atoms with E-state index in [0.717, 1.165) is 6.07 Å². The summed E-state index contributed by atoms with van der Waals surface area (Å²) in [7, 11) is 0. The van der Waals surface area contributed by atoms with Crippen molar-refractivity contribution in [2.75, 3.05) is 0 Å². The number of hydrogen-bond acceptors (Lipinski definition) is 1. The highest BCUT2D eigenvalue weighted by Crippen LogP contribution is 2.32. The zero-order chi connectivity index (χ0) is 10.0. The summed E-state index contributed by atoms with van der Waals surface area (Å²) in [5, 5.41) is -0.279. The van der Waals surface area contributed by atoms with Crippen LogP contribution >= 0.6 is 27.5 Å². The maximum atomic E-state index is 13.0. The van der Waals surface area contributed by atoms with Crippen molar-refractivity contribution in [2.24, 2.45) is 0 Å². The van der Waals surface area contributed by atoms with Gasteiger partial charge in [0.2, 0.25) is 0 Å². The lowest BCUT2D eigenvalue weighted by Gasteiger charge is -2.06. The van der Waals surface area contributed by atoms with Crippen LogP contribution in [0, 0.1) is 5.82 Å². The molecule has 0 fully saturated rings. The van der Waals surface area contributed by atoms with Gasteiger partial charge in [0.05, 0.1) is 5.02 Å². The number of rotatable bonds is 2. The molecule has 0 radical (unpaired) electrons. The van der Waals surface area contributed by atoms with Crippen molar-refractivity contribution in [1.29, 1.82) is 0 Å². The quantitative estimate of drug-likeness (QED) is 0.745. The van der Waals surface area contributed by atoms with Gasteiger partial charge in [-0.3, -0.25) is 0 Å². The number of ether oxygens (including phenoxy) is 1. The van der Waals surface area contributed by atoms with Crippen molar-refractivity contribution in [3.05, 3.63) is 27.4 Å². The molecule has 0 atom stereocenters. The summed E-state index contributed by atoms with van der Waals surface area (Å²) in [5.74, 6) is -1.57. The molecule has 6 heteroatoms. The van der Waals surface area contributed by atoms with E-state index < -0.39 is 18.2 Å². The number of halogens is 5. The maximum absolute atomic E-state index is 13.0. The first-order valence-corrected chi connectivity index (χ1v) is 4.27. The predicted octanol–water partition coefficient (Wildman–Crippen LogP) is 3.84. The standard InChI is InChI=1S/C7H3BrClF3O/c8-3-1-2-4(13-7(11)12)6(10)5(3)9/h1-2,7H. The van der Waals surface area contributed by atoms with E-state index in [2.05, 4.69) is 20.7 Å². The van der Waals surface area contributed by atoms with Crippen molar-refractivity contribution < 1.29 is 17.9 Å². The molecule has 0 saturated carbocycles. The molecule has 0 aromatic heterocycles. The number of hydrogen-bond donors (Lipinski definition) is 0. The fourth-order valence-electron chi connectivity index (χ4n) is 0.695. The zero-order valence-corrected chi connectivity index (χ0v) is 8.37. The summed E-state index contributed by atoms with van der Waals surface area (Å²) in [6.45, 7) is -3.06. The molecule has 1 aromatic carbocycles. The van der Waals surface area contributed by atoms with Crippen LogP contribution in [0.1, 0.15) is 0 Å². The summed E-state index contributed by atoms with van der Waals surface area (Å²) < 4.78 is 40.5. The summed E-state index contributed by atoms with van der Waals surface area (Å²) in [5.41, 5.74) is 0. The molecule has 0 bridgehead atoms. The van der Waals surface area contributed by atoms with Gasteiger partial charge in [0, 0.05) is 4.47 Å². The number of benzene rings is 1. The van der Waals surface area contributed by atoms with Gasteiger partial charge >= 0.3 is 6.61 Å². The molecule has 0 aliphatic rings. The Kier molecular flexibility index (Phi) is 3.44. The minimum Gasteiger partial charge on any atom is -0.432 e. The first-order valence-electron chi connectivity index (χ1n) is 3.10. The van der Waals surface area contributed by atoms with Crippen LogP contribution in [-0.2, 0) is 0 Å². The molecule has 0 unspecified atom stereocenters. The van der Waals surface area contributed by atoms with Gasteiger partial charge in [-0.05, 0) is 28.1 Å². The second-order valence-electron chi connectivity index (χ2n) is 2.05. The molecule has 0 aliphatic carbocycles. The lowest BCUT2D eigenvalue weighted by molar-refractivity contribution is -0.0521. The summed E-state index contributed by atoms with van der Waals surface area (Å²) in [4.78, 5) is 0. The van der Waals surface area contributed by atoms with Gasteiger partial charge in [-0.15, -0.1) is 0 Å². The molecule has 0 spiro atoms. The highest BCUT2D eigenvalue weighted by molar-refractivity contribution is 9.10. The lowest BCUT2D eigenvalue weighted by Crippen LogP contribution is -2.03. The smallest absolute Gasteiger partial charge is 0.387 e. The Morgan fingerprint density at radius 2 is 2.00 bits per heavy atom. The Morgan fingerprint density at radius 1 is 1.38 bits per heavy atom.